The summed E-state index contributed by atoms with van der Waals surface area (Å²) >= 11 is 0. The lowest BCUT2D eigenvalue weighted by Crippen LogP contribution is -2.04. The Morgan fingerprint density at radius 2 is 2.11 bits per heavy atom. The van der Waals surface area contributed by atoms with Crippen LogP contribution < -0.4 is 0 Å². The average Bonchev–Trinajstić information content (AvgIpc) is 2.85. The number of nitrogens with zero attached hydrogens (tertiary/aromatic N) is 3. The molecular weight excluding hydrogens is 238 g/mol. The number of carbonyl (C=O) groups is 1. The minimum atomic E-state index is 0.0669. The van der Waals surface area contributed by atoms with Gasteiger partial charge in [0, 0.05) is 18.8 Å². The molecule has 4 nitrogen and oxygen atoms in total. The number of Topliss-reactive ketones (excluding diaryl/α,β-unsaturated/α-hetero) is 1. The number of aryl methyl sites for hydroxylation is 1. The quantitative estimate of drug-likeness (QED) is 0.672. The highest BCUT2D eigenvalue weighted by Crippen LogP contribution is 2.15. The van der Waals surface area contributed by atoms with Gasteiger partial charge in [-0.2, -0.15) is 5.10 Å². The van der Waals surface area contributed by atoms with Crippen LogP contribution in [0.25, 0.3) is 5.52 Å². The number of ketones is 1. The van der Waals surface area contributed by atoms with Crippen molar-refractivity contribution in [3.8, 4) is 0 Å². The highest BCUT2D eigenvalue weighted by molar-refractivity contribution is 6.03. The van der Waals surface area contributed by atoms with Crippen LogP contribution in [0.4, 0.5) is 0 Å². The van der Waals surface area contributed by atoms with Gasteiger partial charge in [0.25, 0.3) is 0 Å². The highest BCUT2D eigenvalue weighted by atomic mass is 16.1. The number of rotatable bonds is 3. The molecule has 3 rings (SSSR count). The van der Waals surface area contributed by atoms with Gasteiger partial charge in [-0.25, -0.2) is 4.52 Å². The van der Waals surface area contributed by atoms with Gasteiger partial charge in [-0.05, 0) is 18.1 Å². The van der Waals surface area contributed by atoms with Gasteiger partial charge in [0.1, 0.15) is 0 Å². The van der Waals surface area contributed by atoms with Crippen molar-refractivity contribution >= 4 is 11.3 Å². The number of carbonyl (C=O) groups excluding carboxylic acids is 1. The molecule has 0 saturated carbocycles. The summed E-state index contributed by atoms with van der Waals surface area (Å²) in [5.41, 5.74) is 3.55. The molecular formula is C15H13N3O. The standard InChI is InChI=1S/C15H13N3O/c1-11-4-2-3-5-12(11)8-15(19)13-9-17-18-7-6-16-10-14(13)18/h2-7,9-10H,8H2,1H3. The lowest BCUT2D eigenvalue weighted by Gasteiger charge is -2.03. The monoisotopic (exact) mass is 251 g/mol. The van der Waals surface area contributed by atoms with Crippen LogP contribution >= 0.6 is 0 Å². The van der Waals surface area contributed by atoms with Gasteiger partial charge < -0.3 is 0 Å². The zero-order valence-corrected chi connectivity index (χ0v) is 10.6. The van der Waals surface area contributed by atoms with Gasteiger partial charge >= 0.3 is 0 Å². The van der Waals surface area contributed by atoms with E-state index in [2.05, 4.69) is 10.1 Å². The fourth-order valence-electron chi connectivity index (χ4n) is 2.13. The van der Waals surface area contributed by atoms with Crippen molar-refractivity contribution in [2.24, 2.45) is 0 Å². The van der Waals surface area contributed by atoms with Gasteiger partial charge in [-0.15, -0.1) is 0 Å². The van der Waals surface area contributed by atoms with Crippen LogP contribution in [-0.2, 0) is 6.42 Å². The first-order valence-electron chi connectivity index (χ1n) is 6.11. The van der Waals surface area contributed by atoms with E-state index in [0.29, 0.717) is 12.0 Å². The Morgan fingerprint density at radius 1 is 1.26 bits per heavy atom. The smallest absolute Gasteiger partial charge is 0.171 e. The van der Waals surface area contributed by atoms with Crippen LogP contribution in [0, 0.1) is 6.92 Å². The Morgan fingerprint density at radius 3 is 2.95 bits per heavy atom. The van der Waals surface area contributed by atoms with Gasteiger partial charge in [0.15, 0.2) is 5.78 Å². The predicted octanol–water partition coefficient (Wildman–Crippen LogP) is 2.46. The molecule has 1 aromatic carbocycles. The van der Waals surface area contributed by atoms with Crippen LogP contribution in [0.1, 0.15) is 21.5 Å². The summed E-state index contributed by atoms with van der Waals surface area (Å²) in [6.07, 6.45) is 7.05. The first kappa shape index (κ1) is 11.6. The zero-order valence-electron chi connectivity index (χ0n) is 10.6. The minimum Gasteiger partial charge on any atom is -0.294 e. The van der Waals surface area contributed by atoms with Crippen LogP contribution in [0.3, 0.4) is 0 Å². The number of hydrogen-bond donors (Lipinski definition) is 0. The minimum absolute atomic E-state index is 0.0669. The molecule has 0 aliphatic carbocycles. The molecule has 0 bridgehead atoms. The molecule has 0 unspecified atom stereocenters. The largest absolute Gasteiger partial charge is 0.294 e. The third-order valence-corrected chi connectivity index (χ3v) is 3.24. The van der Waals surface area contributed by atoms with Gasteiger partial charge in [0.05, 0.1) is 23.5 Å². The van der Waals surface area contributed by atoms with E-state index in [4.69, 9.17) is 0 Å². The Hall–Kier alpha value is -2.49. The van der Waals surface area contributed by atoms with Crippen LogP contribution in [0.2, 0.25) is 0 Å². The molecule has 3 aromatic rings. The molecule has 0 aliphatic rings. The number of hydrogen-bond acceptors (Lipinski definition) is 3. The van der Waals surface area contributed by atoms with Crippen molar-refractivity contribution in [2.45, 2.75) is 13.3 Å². The van der Waals surface area contributed by atoms with Crippen molar-refractivity contribution in [3.63, 3.8) is 0 Å². The molecule has 0 N–H and O–H groups in total. The average molecular weight is 251 g/mol. The summed E-state index contributed by atoms with van der Waals surface area (Å²) in [4.78, 5) is 16.4. The van der Waals surface area contributed by atoms with E-state index in [1.54, 1.807) is 29.3 Å². The van der Waals surface area contributed by atoms with Crippen LogP contribution in [-0.4, -0.2) is 20.4 Å². The molecule has 0 aliphatic heterocycles. The maximum atomic E-state index is 12.4. The van der Waals surface area contributed by atoms with E-state index in [0.717, 1.165) is 16.6 Å². The van der Waals surface area contributed by atoms with Crippen molar-refractivity contribution < 1.29 is 4.79 Å². The summed E-state index contributed by atoms with van der Waals surface area (Å²) in [7, 11) is 0. The lowest BCUT2D eigenvalue weighted by atomic mass is 10.0. The van der Waals surface area contributed by atoms with Gasteiger partial charge in [-0.1, -0.05) is 24.3 Å². The molecule has 2 heterocycles. The molecule has 0 radical (unpaired) electrons. The van der Waals surface area contributed by atoms with Crippen molar-refractivity contribution in [3.05, 3.63) is 65.7 Å². The first-order valence-corrected chi connectivity index (χ1v) is 6.11. The van der Waals surface area contributed by atoms with E-state index < -0.39 is 0 Å². The maximum absolute atomic E-state index is 12.4. The molecule has 94 valence electrons. The predicted molar refractivity (Wildman–Crippen MR) is 72.2 cm³/mol. The fourth-order valence-corrected chi connectivity index (χ4v) is 2.13. The zero-order chi connectivity index (χ0) is 13.2. The van der Waals surface area contributed by atoms with Gasteiger partial charge in [-0.3, -0.25) is 9.78 Å². The van der Waals surface area contributed by atoms with E-state index >= 15 is 0 Å². The summed E-state index contributed by atoms with van der Waals surface area (Å²) in [5.74, 6) is 0.0669. The number of fused-ring (bicyclic) bond motifs is 1. The Bertz CT molecular complexity index is 746. The lowest BCUT2D eigenvalue weighted by molar-refractivity contribution is 0.0994. The summed E-state index contributed by atoms with van der Waals surface area (Å²) in [6.45, 7) is 2.01. The molecule has 0 atom stereocenters. The molecule has 0 spiro atoms. The van der Waals surface area contributed by atoms with E-state index in [9.17, 15) is 4.79 Å². The first-order chi connectivity index (χ1) is 9.25. The fraction of sp³-hybridized carbons (Fsp3) is 0.133. The van der Waals surface area contributed by atoms with Crippen LogP contribution in [0.5, 0.6) is 0 Å². The second-order valence-electron chi connectivity index (χ2n) is 4.49. The second kappa shape index (κ2) is 4.65. The number of benzene rings is 1. The van der Waals surface area contributed by atoms with E-state index in [-0.39, 0.29) is 5.78 Å². The molecule has 0 fully saturated rings. The Kier molecular flexibility index (Phi) is 2.83. The van der Waals surface area contributed by atoms with Crippen molar-refractivity contribution in [1.82, 2.24) is 14.6 Å². The topological polar surface area (TPSA) is 47.3 Å². The van der Waals surface area contributed by atoms with E-state index in [1.165, 1.54) is 0 Å². The summed E-state index contributed by atoms with van der Waals surface area (Å²) < 4.78 is 1.66. The molecule has 4 heteroatoms. The maximum Gasteiger partial charge on any atom is 0.171 e. The molecule has 19 heavy (non-hydrogen) atoms. The van der Waals surface area contributed by atoms with Gasteiger partial charge in [0.2, 0.25) is 0 Å². The summed E-state index contributed by atoms with van der Waals surface area (Å²) in [5, 5.41) is 4.16. The van der Waals surface area contributed by atoms with E-state index in [1.807, 2.05) is 31.2 Å². The third kappa shape index (κ3) is 2.12. The van der Waals surface area contributed by atoms with Crippen molar-refractivity contribution in [1.29, 1.82) is 0 Å². The Labute approximate surface area is 110 Å². The normalized spacial score (nSPS) is 10.8. The van der Waals surface area contributed by atoms with Crippen molar-refractivity contribution in [2.75, 3.05) is 0 Å². The third-order valence-electron chi connectivity index (χ3n) is 3.24. The molecule has 0 saturated heterocycles. The second-order valence-corrected chi connectivity index (χ2v) is 4.49. The summed E-state index contributed by atoms with van der Waals surface area (Å²) in [6, 6.07) is 7.92. The Balaban J connectivity index is 1.95. The number of aromatic nitrogens is 3. The SMILES string of the molecule is Cc1ccccc1CC(=O)c1cnn2ccncc12. The molecule has 0 amide bonds. The van der Waals surface area contributed by atoms with Crippen LogP contribution in [0.15, 0.2) is 49.1 Å². The molecule has 2 aromatic heterocycles. The highest BCUT2D eigenvalue weighted by Gasteiger charge is 2.13.